The van der Waals surface area contributed by atoms with Gasteiger partial charge in [-0.1, -0.05) is 12.1 Å². The number of nitrogens with zero attached hydrogens (tertiary/aromatic N) is 6. The summed E-state index contributed by atoms with van der Waals surface area (Å²) in [6.45, 7) is 0. The van der Waals surface area contributed by atoms with Crippen LogP contribution in [-0.2, 0) is 0 Å². The minimum absolute atomic E-state index is 0.160. The SMILES string of the molecule is Nc1ncnc2c1c(-c1cccs1)nc1nnc(/C=C/c3cccs3)c(=O)n12. The molecule has 0 aliphatic heterocycles. The van der Waals surface area contributed by atoms with Gasteiger partial charge in [0.1, 0.15) is 12.1 Å². The van der Waals surface area contributed by atoms with Crippen LogP contribution in [0, 0.1) is 0 Å². The van der Waals surface area contributed by atoms with Crippen LogP contribution in [0.2, 0.25) is 0 Å². The number of aromatic nitrogens is 6. The van der Waals surface area contributed by atoms with E-state index < -0.39 is 0 Å². The van der Waals surface area contributed by atoms with Crippen molar-refractivity contribution in [1.82, 2.24) is 29.5 Å². The summed E-state index contributed by atoms with van der Waals surface area (Å²) in [6.07, 6.45) is 4.78. The van der Waals surface area contributed by atoms with Gasteiger partial charge in [-0.2, -0.15) is 0 Å². The zero-order valence-electron chi connectivity index (χ0n) is 14.2. The molecule has 5 heterocycles. The molecule has 5 aromatic heterocycles. The van der Waals surface area contributed by atoms with Gasteiger partial charge in [0.25, 0.3) is 11.3 Å². The molecular formula is C18H11N7OS2. The van der Waals surface area contributed by atoms with Crippen LogP contribution in [-0.4, -0.2) is 29.5 Å². The summed E-state index contributed by atoms with van der Waals surface area (Å²) in [5.41, 5.74) is 6.87. The molecule has 0 amide bonds. The quantitative estimate of drug-likeness (QED) is 0.459. The second-order valence-electron chi connectivity index (χ2n) is 5.77. The third-order valence-corrected chi connectivity index (χ3v) is 5.80. The number of hydrogen-bond acceptors (Lipinski definition) is 9. The van der Waals surface area contributed by atoms with Crippen LogP contribution in [0.1, 0.15) is 10.6 Å². The van der Waals surface area contributed by atoms with E-state index in [2.05, 4.69) is 25.1 Å². The van der Waals surface area contributed by atoms with Crippen molar-refractivity contribution in [2.45, 2.75) is 0 Å². The Hall–Kier alpha value is -3.50. The molecular weight excluding hydrogens is 394 g/mol. The lowest BCUT2D eigenvalue weighted by Gasteiger charge is -2.09. The van der Waals surface area contributed by atoms with Crippen molar-refractivity contribution in [1.29, 1.82) is 0 Å². The van der Waals surface area contributed by atoms with Crippen molar-refractivity contribution >= 4 is 57.5 Å². The van der Waals surface area contributed by atoms with E-state index in [-0.39, 0.29) is 22.8 Å². The van der Waals surface area contributed by atoms with Crippen molar-refractivity contribution < 1.29 is 0 Å². The molecule has 0 bridgehead atoms. The summed E-state index contributed by atoms with van der Waals surface area (Å²) >= 11 is 3.07. The van der Waals surface area contributed by atoms with Crippen LogP contribution < -0.4 is 11.3 Å². The number of nitrogens with two attached hydrogens (primary N) is 1. The van der Waals surface area contributed by atoms with Crippen LogP contribution in [0.15, 0.2) is 46.1 Å². The molecule has 0 aliphatic carbocycles. The molecule has 5 rings (SSSR count). The van der Waals surface area contributed by atoms with E-state index in [1.807, 2.05) is 41.1 Å². The summed E-state index contributed by atoms with van der Waals surface area (Å²) in [4.78, 5) is 27.9. The van der Waals surface area contributed by atoms with Gasteiger partial charge in [0, 0.05) is 4.88 Å². The van der Waals surface area contributed by atoms with E-state index in [0.717, 1.165) is 9.75 Å². The Labute approximate surface area is 165 Å². The second-order valence-corrected chi connectivity index (χ2v) is 7.70. The molecule has 5 aromatic rings. The molecule has 28 heavy (non-hydrogen) atoms. The normalized spacial score (nSPS) is 11.7. The standard InChI is InChI=1S/C18H11N7OS2/c19-15-13-14(12-4-2-8-28-12)22-18-24-23-11(6-5-10-3-1-7-27-10)17(26)25(18)16(13)21-9-20-15/h1-9H,(H2,19,20,21)/b6-5+. The highest BCUT2D eigenvalue weighted by molar-refractivity contribution is 7.13. The fourth-order valence-electron chi connectivity index (χ4n) is 2.84. The average molecular weight is 405 g/mol. The lowest BCUT2D eigenvalue weighted by atomic mass is 10.2. The Morgan fingerprint density at radius 2 is 1.89 bits per heavy atom. The largest absolute Gasteiger partial charge is 0.383 e. The first-order chi connectivity index (χ1) is 13.7. The summed E-state index contributed by atoms with van der Waals surface area (Å²) in [7, 11) is 0. The number of anilines is 1. The topological polar surface area (TPSA) is 112 Å². The second kappa shape index (κ2) is 6.59. The van der Waals surface area contributed by atoms with E-state index in [1.54, 1.807) is 17.4 Å². The molecule has 8 nitrogen and oxygen atoms in total. The average Bonchev–Trinajstić information content (AvgIpc) is 3.41. The van der Waals surface area contributed by atoms with Gasteiger partial charge in [0.15, 0.2) is 11.3 Å². The van der Waals surface area contributed by atoms with Gasteiger partial charge in [-0.05, 0) is 35.0 Å². The Kier molecular flexibility index (Phi) is 3.92. The molecule has 2 N–H and O–H groups in total. The molecule has 0 atom stereocenters. The maximum atomic E-state index is 13.1. The highest BCUT2D eigenvalue weighted by Crippen LogP contribution is 2.31. The van der Waals surface area contributed by atoms with Gasteiger partial charge in [0.2, 0.25) is 0 Å². The lowest BCUT2D eigenvalue weighted by Crippen LogP contribution is -2.22. The lowest BCUT2D eigenvalue weighted by molar-refractivity contribution is 0.905. The fourth-order valence-corrected chi connectivity index (χ4v) is 4.18. The maximum Gasteiger partial charge on any atom is 0.287 e. The summed E-state index contributed by atoms with van der Waals surface area (Å²) in [6, 6.07) is 7.71. The van der Waals surface area contributed by atoms with Gasteiger partial charge in [-0.25, -0.2) is 19.4 Å². The van der Waals surface area contributed by atoms with Crippen molar-refractivity contribution in [2.24, 2.45) is 0 Å². The van der Waals surface area contributed by atoms with E-state index in [4.69, 9.17) is 5.73 Å². The molecule has 0 radical (unpaired) electrons. The van der Waals surface area contributed by atoms with Crippen LogP contribution in [0.4, 0.5) is 5.82 Å². The molecule has 10 heteroatoms. The maximum absolute atomic E-state index is 13.1. The number of thiophene rings is 2. The predicted molar refractivity (Wildman–Crippen MR) is 111 cm³/mol. The van der Waals surface area contributed by atoms with Crippen LogP contribution in [0.3, 0.4) is 0 Å². The van der Waals surface area contributed by atoms with Crippen LogP contribution >= 0.6 is 22.7 Å². The molecule has 0 aromatic carbocycles. The molecule has 0 saturated heterocycles. The van der Waals surface area contributed by atoms with E-state index in [9.17, 15) is 4.79 Å². The molecule has 0 spiro atoms. The van der Waals surface area contributed by atoms with Gasteiger partial charge in [0.05, 0.1) is 16.0 Å². The molecule has 0 aliphatic rings. The first-order valence-corrected chi connectivity index (χ1v) is 9.93. The Morgan fingerprint density at radius 1 is 1.04 bits per heavy atom. The molecule has 0 fully saturated rings. The highest BCUT2D eigenvalue weighted by Gasteiger charge is 2.18. The Balaban J connectivity index is 1.82. The number of fused-ring (bicyclic) bond motifs is 3. The van der Waals surface area contributed by atoms with Crippen molar-refractivity contribution in [2.75, 3.05) is 5.73 Å². The molecule has 0 saturated carbocycles. The Bertz CT molecular complexity index is 1390. The summed E-state index contributed by atoms with van der Waals surface area (Å²) in [5, 5.41) is 12.6. The number of nitrogen functional groups attached to an aromatic ring is 1. The van der Waals surface area contributed by atoms with E-state index in [1.165, 1.54) is 22.1 Å². The Morgan fingerprint density at radius 3 is 2.68 bits per heavy atom. The zero-order valence-corrected chi connectivity index (χ0v) is 15.8. The number of hydrogen-bond donors (Lipinski definition) is 1. The van der Waals surface area contributed by atoms with Crippen molar-refractivity contribution in [3.63, 3.8) is 0 Å². The van der Waals surface area contributed by atoms with Crippen LogP contribution in [0.5, 0.6) is 0 Å². The van der Waals surface area contributed by atoms with Gasteiger partial charge >= 0.3 is 0 Å². The van der Waals surface area contributed by atoms with Crippen molar-refractivity contribution in [3.05, 3.63) is 62.3 Å². The first-order valence-electron chi connectivity index (χ1n) is 8.17. The monoisotopic (exact) mass is 405 g/mol. The first kappa shape index (κ1) is 16.7. The van der Waals surface area contributed by atoms with E-state index >= 15 is 0 Å². The predicted octanol–water partition coefficient (Wildman–Crippen LogP) is 2.97. The summed E-state index contributed by atoms with van der Waals surface area (Å²) in [5.74, 6) is 0.412. The van der Waals surface area contributed by atoms with E-state index in [0.29, 0.717) is 16.7 Å². The minimum Gasteiger partial charge on any atom is -0.383 e. The van der Waals surface area contributed by atoms with Crippen molar-refractivity contribution in [3.8, 4) is 10.6 Å². The smallest absolute Gasteiger partial charge is 0.287 e. The third kappa shape index (κ3) is 2.66. The zero-order chi connectivity index (χ0) is 19.1. The van der Waals surface area contributed by atoms with Crippen LogP contribution in [0.25, 0.3) is 39.5 Å². The summed E-state index contributed by atoms with van der Waals surface area (Å²) < 4.78 is 1.32. The molecule has 0 unspecified atom stereocenters. The number of rotatable bonds is 3. The van der Waals surface area contributed by atoms with Gasteiger partial charge in [-0.3, -0.25) is 4.79 Å². The fraction of sp³-hybridized carbons (Fsp3) is 0. The van der Waals surface area contributed by atoms with Gasteiger partial charge < -0.3 is 5.73 Å². The third-order valence-electron chi connectivity index (χ3n) is 4.09. The minimum atomic E-state index is -0.369. The highest BCUT2D eigenvalue weighted by atomic mass is 32.1. The van der Waals surface area contributed by atoms with Gasteiger partial charge in [-0.15, -0.1) is 32.9 Å². The molecule has 136 valence electrons.